The Balaban J connectivity index is 1.85. The summed E-state index contributed by atoms with van der Waals surface area (Å²) in [6.45, 7) is 4.18. The second-order valence-corrected chi connectivity index (χ2v) is 7.33. The fraction of sp³-hybridized carbons (Fsp3) is 0.600. The number of hydrogen-bond acceptors (Lipinski definition) is 4. The number of benzene rings is 1. The van der Waals surface area contributed by atoms with Crippen LogP contribution in [-0.2, 0) is 10.0 Å². The molecule has 1 aromatic carbocycles. The van der Waals surface area contributed by atoms with Gasteiger partial charge in [0.1, 0.15) is 0 Å². The summed E-state index contributed by atoms with van der Waals surface area (Å²) in [5, 5.41) is 3.23. The zero-order chi connectivity index (χ0) is 15.3. The molecular formula is C15H25N3O2S. The van der Waals surface area contributed by atoms with Crippen LogP contribution in [0.5, 0.6) is 0 Å². The standard InChI is InChI=1S/C15H25N3O2S/c1-3-10-16-13-4-8-15(9-5-13)21(19,20)17-11-12-18(2)14-6-7-14/h4-5,8-9,14,16-17H,3,6-7,10-12H2,1-2H3. The molecule has 0 saturated heterocycles. The smallest absolute Gasteiger partial charge is 0.240 e. The second kappa shape index (κ2) is 7.24. The van der Waals surface area contributed by atoms with E-state index >= 15 is 0 Å². The van der Waals surface area contributed by atoms with E-state index in [1.165, 1.54) is 12.8 Å². The highest BCUT2D eigenvalue weighted by Crippen LogP contribution is 2.24. The molecule has 1 aromatic rings. The van der Waals surface area contributed by atoms with E-state index in [1.807, 2.05) is 7.05 Å². The van der Waals surface area contributed by atoms with Gasteiger partial charge in [-0.25, -0.2) is 13.1 Å². The Hall–Kier alpha value is -1.11. The van der Waals surface area contributed by atoms with Gasteiger partial charge in [0.25, 0.3) is 0 Å². The fourth-order valence-electron chi connectivity index (χ4n) is 2.16. The lowest BCUT2D eigenvalue weighted by molar-refractivity contribution is 0.329. The van der Waals surface area contributed by atoms with Gasteiger partial charge in [-0.1, -0.05) is 6.92 Å². The van der Waals surface area contributed by atoms with Gasteiger partial charge in [0.05, 0.1) is 4.90 Å². The number of nitrogens with one attached hydrogen (secondary N) is 2. The highest BCUT2D eigenvalue weighted by molar-refractivity contribution is 7.89. The van der Waals surface area contributed by atoms with Crippen LogP contribution in [0.3, 0.4) is 0 Å². The summed E-state index contributed by atoms with van der Waals surface area (Å²) < 4.78 is 27.0. The summed E-state index contributed by atoms with van der Waals surface area (Å²) in [6, 6.07) is 7.55. The molecule has 1 aliphatic rings. The predicted molar refractivity (Wildman–Crippen MR) is 86.1 cm³/mol. The van der Waals surface area contributed by atoms with Crippen molar-refractivity contribution in [3.8, 4) is 0 Å². The topological polar surface area (TPSA) is 61.4 Å². The summed E-state index contributed by atoms with van der Waals surface area (Å²) >= 11 is 0. The van der Waals surface area contributed by atoms with Crippen LogP contribution in [-0.4, -0.2) is 46.0 Å². The van der Waals surface area contributed by atoms with E-state index in [2.05, 4.69) is 21.9 Å². The van der Waals surface area contributed by atoms with E-state index in [4.69, 9.17) is 0 Å². The second-order valence-electron chi connectivity index (χ2n) is 5.56. The lowest BCUT2D eigenvalue weighted by atomic mass is 10.3. The maximum atomic E-state index is 12.2. The SMILES string of the molecule is CCCNc1ccc(S(=O)(=O)NCCN(C)C2CC2)cc1. The van der Waals surface area contributed by atoms with E-state index in [-0.39, 0.29) is 0 Å². The molecule has 1 aliphatic carbocycles. The first-order valence-electron chi connectivity index (χ1n) is 7.57. The predicted octanol–water partition coefficient (Wildman–Crippen LogP) is 1.88. The molecule has 0 heterocycles. The Kier molecular flexibility index (Phi) is 5.61. The maximum absolute atomic E-state index is 12.2. The van der Waals surface area contributed by atoms with Crippen molar-refractivity contribution >= 4 is 15.7 Å². The molecule has 0 amide bonds. The molecule has 0 spiro atoms. The van der Waals surface area contributed by atoms with Gasteiger partial charge in [-0.3, -0.25) is 0 Å². The van der Waals surface area contributed by atoms with Crippen LogP contribution < -0.4 is 10.0 Å². The molecule has 5 nitrogen and oxygen atoms in total. The molecule has 21 heavy (non-hydrogen) atoms. The third-order valence-electron chi connectivity index (χ3n) is 3.67. The molecule has 0 radical (unpaired) electrons. The van der Waals surface area contributed by atoms with Gasteiger partial charge in [-0.15, -0.1) is 0 Å². The lowest BCUT2D eigenvalue weighted by Gasteiger charge is -2.16. The minimum Gasteiger partial charge on any atom is -0.385 e. The van der Waals surface area contributed by atoms with E-state index in [1.54, 1.807) is 24.3 Å². The molecule has 0 atom stereocenters. The van der Waals surface area contributed by atoms with Crippen molar-refractivity contribution < 1.29 is 8.42 Å². The van der Waals surface area contributed by atoms with Crippen LogP contribution in [0, 0.1) is 0 Å². The van der Waals surface area contributed by atoms with E-state index < -0.39 is 10.0 Å². The molecule has 2 N–H and O–H groups in total. The highest BCUT2D eigenvalue weighted by Gasteiger charge is 2.25. The zero-order valence-electron chi connectivity index (χ0n) is 12.8. The summed E-state index contributed by atoms with van der Waals surface area (Å²) in [5.41, 5.74) is 0.948. The molecule has 0 bridgehead atoms. The van der Waals surface area contributed by atoms with Crippen LogP contribution in [0.2, 0.25) is 0 Å². The molecule has 2 rings (SSSR count). The van der Waals surface area contributed by atoms with Crippen LogP contribution >= 0.6 is 0 Å². The average molecular weight is 311 g/mol. The van der Waals surface area contributed by atoms with E-state index in [9.17, 15) is 8.42 Å². The van der Waals surface area contributed by atoms with Crippen LogP contribution in [0.15, 0.2) is 29.2 Å². The quantitative estimate of drug-likeness (QED) is 0.731. The average Bonchev–Trinajstić information content (AvgIpc) is 3.30. The summed E-state index contributed by atoms with van der Waals surface area (Å²) in [4.78, 5) is 2.53. The van der Waals surface area contributed by atoms with Crippen molar-refractivity contribution in [2.45, 2.75) is 37.1 Å². The van der Waals surface area contributed by atoms with Crippen molar-refractivity contribution in [1.82, 2.24) is 9.62 Å². The third kappa shape index (κ3) is 4.98. The van der Waals surface area contributed by atoms with Crippen molar-refractivity contribution in [1.29, 1.82) is 0 Å². The number of rotatable bonds is 9. The zero-order valence-corrected chi connectivity index (χ0v) is 13.6. The Bertz CT molecular complexity index is 539. The number of likely N-dealkylation sites (N-methyl/N-ethyl adjacent to an activating group) is 1. The van der Waals surface area contributed by atoms with Gasteiger partial charge in [0.15, 0.2) is 0 Å². The Morgan fingerprint density at radius 3 is 2.43 bits per heavy atom. The summed E-state index contributed by atoms with van der Waals surface area (Å²) in [7, 11) is -1.36. The lowest BCUT2D eigenvalue weighted by Crippen LogP contribution is -2.33. The van der Waals surface area contributed by atoms with Gasteiger partial charge >= 0.3 is 0 Å². The molecule has 1 saturated carbocycles. The van der Waals surface area contributed by atoms with Crippen molar-refractivity contribution in [2.75, 3.05) is 32.0 Å². The van der Waals surface area contributed by atoms with Crippen molar-refractivity contribution in [2.24, 2.45) is 0 Å². The first kappa shape index (κ1) is 16.3. The number of anilines is 1. The monoisotopic (exact) mass is 311 g/mol. The van der Waals surface area contributed by atoms with Gasteiger partial charge < -0.3 is 10.2 Å². The van der Waals surface area contributed by atoms with Crippen LogP contribution in [0.1, 0.15) is 26.2 Å². The largest absolute Gasteiger partial charge is 0.385 e. The highest BCUT2D eigenvalue weighted by atomic mass is 32.2. The Morgan fingerprint density at radius 2 is 1.86 bits per heavy atom. The minimum absolute atomic E-state index is 0.318. The third-order valence-corrected chi connectivity index (χ3v) is 5.15. The Labute approximate surface area is 127 Å². The molecule has 118 valence electrons. The molecular weight excluding hydrogens is 286 g/mol. The molecule has 1 fully saturated rings. The number of hydrogen-bond donors (Lipinski definition) is 2. The van der Waals surface area contributed by atoms with Gasteiger partial charge in [-0.2, -0.15) is 0 Å². The maximum Gasteiger partial charge on any atom is 0.240 e. The van der Waals surface area contributed by atoms with Crippen molar-refractivity contribution in [3.63, 3.8) is 0 Å². The van der Waals surface area contributed by atoms with Gasteiger partial charge in [0.2, 0.25) is 10.0 Å². The molecule has 6 heteroatoms. The summed E-state index contributed by atoms with van der Waals surface area (Å²) in [5.74, 6) is 0. The normalized spacial score (nSPS) is 15.4. The molecule has 0 unspecified atom stereocenters. The van der Waals surface area contributed by atoms with E-state index in [0.717, 1.165) is 25.2 Å². The first-order valence-corrected chi connectivity index (χ1v) is 9.05. The Morgan fingerprint density at radius 1 is 1.19 bits per heavy atom. The summed E-state index contributed by atoms with van der Waals surface area (Å²) in [6.07, 6.45) is 3.50. The first-order chi connectivity index (χ1) is 10.0. The van der Waals surface area contributed by atoms with Crippen LogP contribution in [0.25, 0.3) is 0 Å². The minimum atomic E-state index is -3.40. The van der Waals surface area contributed by atoms with Crippen LogP contribution in [0.4, 0.5) is 5.69 Å². The fourth-order valence-corrected chi connectivity index (χ4v) is 3.18. The molecule has 0 aliphatic heterocycles. The van der Waals surface area contributed by atoms with E-state index in [0.29, 0.717) is 17.5 Å². The number of sulfonamides is 1. The number of nitrogens with zero attached hydrogens (tertiary/aromatic N) is 1. The van der Waals surface area contributed by atoms with Gasteiger partial charge in [0, 0.05) is 31.4 Å². The van der Waals surface area contributed by atoms with Crippen molar-refractivity contribution in [3.05, 3.63) is 24.3 Å². The van der Waals surface area contributed by atoms with Gasteiger partial charge in [-0.05, 0) is 50.6 Å². The molecule has 0 aromatic heterocycles.